The number of aromatic nitrogens is 2. The molecule has 4 heterocycles. The maximum absolute atomic E-state index is 13.4. The van der Waals surface area contributed by atoms with Crippen LogP contribution >= 0.6 is 0 Å². The molecule has 0 N–H and O–H groups in total. The van der Waals surface area contributed by atoms with Crippen LogP contribution < -0.4 is 4.90 Å². The Morgan fingerprint density at radius 3 is 2.50 bits per heavy atom. The van der Waals surface area contributed by atoms with Crippen molar-refractivity contribution in [2.24, 2.45) is 0 Å². The van der Waals surface area contributed by atoms with E-state index in [2.05, 4.69) is 4.98 Å². The number of rotatable bonds is 3. The number of carbonyl (C=O) groups is 3. The van der Waals surface area contributed by atoms with Gasteiger partial charge in [0.15, 0.2) is 0 Å². The lowest BCUT2D eigenvalue weighted by molar-refractivity contribution is -0.116. The number of amides is 2. The highest BCUT2D eigenvalue weighted by Gasteiger charge is 2.34. The highest BCUT2D eigenvalue weighted by Crippen LogP contribution is 2.37. The standard InChI is InChI=1S/C34H26N4O4/c1-21(39)38-30-10-3-2-8-26(30)33(40)31(38)20-24-19-27(25-9-4-6-22-7-5-13-35-32(22)25)28-18-23(11-12-29(28)36-24)34(41)37-14-16-42-17-15-37/h2-13,18-20H,14-17H2,1H3/b31-20+. The molecule has 0 bridgehead atoms. The Bertz CT molecular complexity index is 1950. The third-order valence-corrected chi connectivity index (χ3v) is 7.76. The number of morpholine rings is 1. The molecule has 42 heavy (non-hydrogen) atoms. The largest absolute Gasteiger partial charge is 0.378 e. The molecule has 8 nitrogen and oxygen atoms in total. The predicted molar refractivity (Wildman–Crippen MR) is 161 cm³/mol. The van der Waals surface area contributed by atoms with Crippen LogP contribution in [0, 0.1) is 0 Å². The molecule has 206 valence electrons. The van der Waals surface area contributed by atoms with Crippen molar-refractivity contribution in [1.29, 1.82) is 0 Å². The van der Waals surface area contributed by atoms with Crippen LogP contribution in [0.25, 0.3) is 39.0 Å². The lowest BCUT2D eigenvalue weighted by atomic mass is 9.96. The maximum atomic E-state index is 13.4. The van der Waals surface area contributed by atoms with Gasteiger partial charge in [0, 0.05) is 53.7 Å². The summed E-state index contributed by atoms with van der Waals surface area (Å²) in [6, 6.07) is 24.4. The number of benzene rings is 3. The number of carbonyl (C=O) groups excluding carboxylic acids is 3. The molecular weight excluding hydrogens is 528 g/mol. The molecular formula is C34H26N4O4. The summed E-state index contributed by atoms with van der Waals surface area (Å²) in [6.07, 6.45) is 3.42. The van der Waals surface area contributed by atoms with Crippen molar-refractivity contribution in [3.05, 3.63) is 108 Å². The van der Waals surface area contributed by atoms with Gasteiger partial charge in [0.2, 0.25) is 11.7 Å². The van der Waals surface area contributed by atoms with Crippen LogP contribution in [0.1, 0.15) is 33.3 Å². The summed E-state index contributed by atoms with van der Waals surface area (Å²) in [5.74, 6) is -0.549. The van der Waals surface area contributed by atoms with Gasteiger partial charge in [0.05, 0.1) is 41.3 Å². The molecule has 5 aromatic rings. The number of ether oxygens (including phenoxy) is 1. The average molecular weight is 555 g/mol. The van der Waals surface area contributed by atoms with Crippen LogP contribution in [-0.4, -0.2) is 58.8 Å². The minimum absolute atomic E-state index is 0.0557. The van der Waals surface area contributed by atoms with Gasteiger partial charge in [-0.05, 0) is 54.1 Å². The number of pyridine rings is 2. The normalized spacial score (nSPS) is 15.9. The van der Waals surface area contributed by atoms with E-state index in [4.69, 9.17) is 9.72 Å². The van der Waals surface area contributed by atoms with Gasteiger partial charge >= 0.3 is 0 Å². The number of para-hydroxylation sites is 2. The third kappa shape index (κ3) is 4.33. The van der Waals surface area contributed by atoms with Crippen LogP contribution in [0.4, 0.5) is 5.69 Å². The first-order chi connectivity index (χ1) is 20.5. The fourth-order valence-corrected chi connectivity index (χ4v) is 5.79. The van der Waals surface area contributed by atoms with Crippen molar-refractivity contribution < 1.29 is 19.1 Å². The molecule has 0 saturated carbocycles. The molecule has 2 aliphatic rings. The molecule has 1 saturated heterocycles. The minimum Gasteiger partial charge on any atom is -0.378 e. The van der Waals surface area contributed by atoms with Gasteiger partial charge in [-0.1, -0.05) is 36.4 Å². The number of anilines is 1. The summed E-state index contributed by atoms with van der Waals surface area (Å²) in [7, 11) is 0. The Labute approximate surface area is 241 Å². The molecule has 8 heteroatoms. The van der Waals surface area contributed by atoms with Gasteiger partial charge in [-0.2, -0.15) is 0 Å². The number of fused-ring (bicyclic) bond motifs is 3. The number of hydrogen-bond acceptors (Lipinski definition) is 6. The molecule has 0 radical (unpaired) electrons. The summed E-state index contributed by atoms with van der Waals surface area (Å²) < 4.78 is 5.43. The van der Waals surface area contributed by atoms with Crippen LogP contribution in [0.5, 0.6) is 0 Å². The minimum atomic E-state index is -0.259. The first-order valence-corrected chi connectivity index (χ1v) is 13.8. The smallest absolute Gasteiger partial charge is 0.254 e. The molecule has 1 fully saturated rings. The number of hydrogen-bond donors (Lipinski definition) is 0. The van der Waals surface area contributed by atoms with E-state index in [1.165, 1.54) is 11.8 Å². The van der Waals surface area contributed by atoms with Crippen molar-refractivity contribution in [1.82, 2.24) is 14.9 Å². The molecule has 0 unspecified atom stereocenters. The molecule has 2 aromatic heterocycles. The third-order valence-electron chi connectivity index (χ3n) is 7.76. The Kier molecular flexibility index (Phi) is 6.32. The zero-order valence-electron chi connectivity index (χ0n) is 22.9. The van der Waals surface area contributed by atoms with E-state index >= 15 is 0 Å². The highest BCUT2D eigenvalue weighted by atomic mass is 16.5. The molecule has 7 rings (SSSR count). The average Bonchev–Trinajstić information content (AvgIpc) is 3.31. The van der Waals surface area contributed by atoms with E-state index < -0.39 is 0 Å². The van der Waals surface area contributed by atoms with E-state index in [1.807, 2.05) is 48.5 Å². The van der Waals surface area contributed by atoms with Gasteiger partial charge in [-0.25, -0.2) is 4.98 Å². The molecule has 3 aromatic carbocycles. The molecule has 2 amide bonds. The molecule has 2 aliphatic heterocycles. The van der Waals surface area contributed by atoms with Crippen molar-refractivity contribution in [2.75, 3.05) is 31.2 Å². The second-order valence-electron chi connectivity index (χ2n) is 10.3. The van der Waals surface area contributed by atoms with Crippen molar-refractivity contribution >= 4 is 51.2 Å². The Morgan fingerprint density at radius 1 is 0.881 bits per heavy atom. The summed E-state index contributed by atoms with van der Waals surface area (Å²) in [5, 5.41) is 1.77. The lowest BCUT2D eigenvalue weighted by Gasteiger charge is -2.27. The monoisotopic (exact) mass is 554 g/mol. The first kappa shape index (κ1) is 25.7. The van der Waals surface area contributed by atoms with Crippen molar-refractivity contribution in [3.8, 4) is 11.1 Å². The Balaban J connectivity index is 1.43. The van der Waals surface area contributed by atoms with Gasteiger partial charge in [-0.15, -0.1) is 0 Å². The lowest BCUT2D eigenvalue weighted by Crippen LogP contribution is -2.40. The zero-order chi connectivity index (χ0) is 28.8. The van der Waals surface area contributed by atoms with E-state index in [-0.39, 0.29) is 23.3 Å². The second-order valence-corrected chi connectivity index (χ2v) is 10.3. The number of ketones is 1. The van der Waals surface area contributed by atoms with E-state index in [9.17, 15) is 14.4 Å². The quantitative estimate of drug-likeness (QED) is 0.273. The van der Waals surface area contributed by atoms with Crippen LogP contribution in [0.15, 0.2) is 90.8 Å². The fraction of sp³-hybridized carbons (Fsp3) is 0.147. The van der Waals surface area contributed by atoms with Crippen LogP contribution in [-0.2, 0) is 9.53 Å². The number of Topliss-reactive ketones (excluding diaryl/α,β-unsaturated/α-hetero) is 1. The van der Waals surface area contributed by atoms with Gasteiger partial charge in [0.1, 0.15) is 0 Å². The van der Waals surface area contributed by atoms with Crippen molar-refractivity contribution in [2.45, 2.75) is 6.92 Å². The van der Waals surface area contributed by atoms with Gasteiger partial charge in [0.25, 0.3) is 5.91 Å². The summed E-state index contributed by atoms with van der Waals surface area (Å²) in [5.41, 5.74) is 5.53. The Morgan fingerprint density at radius 2 is 1.67 bits per heavy atom. The zero-order valence-corrected chi connectivity index (χ0v) is 22.9. The topological polar surface area (TPSA) is 92.7 Å². The molecule has 0 aliphatic carbocycles. The van der Waals surface area contributed by atoms with Crippen LogP contribution in [0.2, 0.25) is 0 Å². The van der Waals surface area contributed by atoms with Crippen LogP contribution in [0.3, 0.4) is 0 Å². The fourth-order valence-electron chi connectivity index (χ4n) is 5.79. The Hall–Kier alpha value is -5.21. The van der Waals surface area contributed by atoms with E-state index in [0.29, 0.717) is 54.3 Å². The van der Waals surface area contributed by atoms with E-state index in [1.54, 1.807) is 47.5 Å². The summed E-state index contributed by atoms with van der Waals surface area (Å²) >= 11 is 0. The van der Waals surface area contributed by atoms with Crippen molar-refractivity contribution in [3.63, 3.8) is 0 Å². The summed E-state index contributed by atoms with van der Waals surface area (Å²) in [6.45, 7) is 3.57. The maximum Gasteiger partial charge on any atom is 0.254 e. The summed E-state index contributed by atoms with van der Waals surface area (Å²) in [4.78, 5) is 52.3. The molecule has 0 atom stereocenters. The molecule has 0 spiro atoms. The SMILES string of the molecule is CC(=O)N1/C(=C/c2cc(-c3cccc4cccnc34)c3cc(C(=O)N4CCOCC4)ccc3n2)C(=O)c2ccccc21. The second kappa shape index (κ2) is 10.3. The predicted octanol–water partition coefficient (Wildman–Crippen LogP) is 5.51. The van der Waals surface area contributed by atoms with E-state index in [0.717, 1.165) is 27.4 Å². The highest BCUT2D eigenvalue weighted by molar-refractivity contribution is 6.26. The van der Waals surface area contributed by atoms with Gasteiger partial charge < -0.3 is 9.64 Å². The number of allylic oxidation sites excluding steroid dienone is 1. The van der Waals surface area contributed by atoms with Gasteiger partial charge in [-0.3, -0.25) is 24.3 Å². The number of nitrogens with zero attached hydrogens (tertiary/aromatic N) is 4. The first-order valence-electron chi connectivity index (χ1n) is 13.8.